The molecule has 0 bridgehead atoms. The fraction of sp³-hybridized carbons (Fsp3) is 0.333. The molecular weight excluding hydrogens is 252 g/mol. The van der Waals surface area contributed by atoms with Crippen molar-refractivity contribution in [2.45, 2.75) is 26.9 Å². The van der Waals surface area contributed by atoms with Gasteiger partial charge in [0.1, 0.15) is 0 Å². The number of aliphatic hydroxyl groups excluding tert-OH is 1. The fourth-order valence-electron chi connectivity index (χ4n) is 1.39. The van der Waals surface area contributed by atoms with E-state index in [9.17, 15) is 5.11 Å². The van der Waals surface area contributed by atoms with Crippen molar-refractivity contribution in [1.29, 1.82) is 0 Å². The van der Waals surface area contributed by atoms with Gasteiger partial charge in [-0.15, -0.1) is 5.56 Å². The molecule has 17 heavy (non-hydrogen) atoms. The van der Waals surface area contributed by atoms with E-state index in [-0.39, 0.29) is 28.6 Å². The number of hydrogen-bond acceptors (Lipinski definition) is 1. The molecule has 2 rings (SSSR count). The van der Waals surface area contributed by atoms with Crippen molar-refractivity contribution in [3.63, 3.8) is 0 Å². The van der Waals surface area contributed by atoms with Crippen LogP contribution in [-0.2, 0) is 17.1 Å². The van der Waals surface area contributed by atoms with Crippen molar-refractivity contribution in [1.82, 2.24) is 0 Å². The number of aliphatic hydroxyl groups is 1. The Kier molecular flexibility index (Phi) is 7.13. The molecule has 0 aliphatic rings. The quantitative estimate of drug-likeness (QED) is 0.617. The van der Waals surface area contributed by atoms with Crippen LogP contribution in [0.2, 0.25) is 0 Å². The summed E-state index contributed by atoms with van der Waals surface area (Å²) in [4.78, 5) is 0. The third-order valence-corrected chi connectivity index (χ3v) is 2.38. The van der Waals surface area contributed by atoms with Crippen molar-refractivity contribution in [3.05, 3.63) is 60.2 Å². The summed E-state index contributed by atoms with van der Waals surface area (Å²) >= 11 is 0. The third-order valence-electron chi connectivity index (χ3n) is 2.38. The Morgan fingerprint density at radius 1 is 1.00 bits per heavy atom. The maximum absolute atomic E-state index is 9.75. The van der Waals surface area contributed by atoms with Crippen LogP contribution in [0.1, 0.15) is 32.4 Å². The van der Waals surface area contributed by atoms with Crippen LogP contribution in [0.5, 0.6) is 0 Å². The number of rotatable bonds is 1. The van der Waals surface area contributed by atoms with Gasteiger partial charge in [0.2, 0.25) is 0 Å². The van der Waals surface area contributed by atoms with Gasteiger partial charge in [0.05, 0.1) is 0 Å². The second-order valence-corrected chi connectivity index (χ2v) is 4.95. The molecule has 2 aromatic rings. The molecule has 1 nitrogen and oxygen atoms in total. The Bertz CT molecular complexity index is 337. The largest absolute Gasteiger partial charge is 2.00 e. The van der Waals surface area contributed by atoms with E-state index in [0.29, 0.717) is 0 Å². The van der Waals surface area contributed by atoms with Gasteiger partial charge in [-0.05, 0) is 5.41 Å². The summed E-state index contributed by atoms with van der Waals surface area (Å²) in [7, 11) is 0. The summed E-state index contributed by atoms with van der Waals surface area (Å²) in [5, 5.41) is 9.75. The monoisotopic (exact) mass is 272 g/mol. The Morgan fingerprint density at radius 2 is 1.47 bits per heavy atom. The summed E-state index contributed by atoms with van der Waals surface area (Å²) in [5.41, 5.74) is 0.950. The molecule has 2 aromatic carbocycles. The Balaban J connectivity index is 0.000000360. The van der Waals surface area contributed by atoms with E-state index in [4.69, 9.17) is 0 Å². The van der Waals surface area contributed by atoms with Crippen molar-refractivity contribution in [2.75, 3.05) is 0 Å². The van der Waals surface area contributed by atoms with E-state index in [1.54, 1.807) is 0 Å². The first-order chi connectivity index (χ1) is 7.52. The van der Waals surface area contributed by atoms with E-state index in [2.05, 4.69) is 0 Å². The molecule has 1 N–H and O–H groups in total. The molecule has 94 valence electrons. The molecule has 0 spiro atoms. The second kappa shape index (κ2) is 7.49. The minimum atomic E-state index is -0.350. The van der Waals surface area contributed by atoms with Gasteiger partial charge in [-0.2, -0.15) is 30.3 Å². The standard InChI is InChI=1S/C10H15O.C5H5.Fe/c1-10(2,3)9(11)8-6-4-5-7-8;1-2-4-5-3-1;/h4-7,9,11H,1-3H3;1-5H;/q2*-1;+2. The average molecular weight is 272 g/mol. The van der Waals surface area contributed by atoms with E-state index in [1.807, 2.05) is 75.4 Å². The van der Waals surface area contributed by atoms with E-state index < -0.39 is 0 Å². The van der Waals surface area contributed by atoms with E-state index in [1.165, 1.54) is 0 Å². The average Bonchev–Trinajstić information content (AvgIpc) is 2.91. The van der Waals surface area contributed by atoms with Crippen LogP contribution < -0.4 is 0 Å². The predicted molar refractivity (Wildman–Crippen MR) is 68.5 cm³/mol. The van der Waals surface area contributed by atoms with Crippen LogP contribution in [0.15, 0.2) is 54.6 Å². The molecule has 0 heterocycles. The van der Waals surface area contributed by atoms with Gasteiger partial charge in [-0.25, -0.2) is 24.3 Å². The summed E-state index contributed by atoms with van der Waals surface area (Å²) in [6.07, 6.45) is -0.350. The zero-order valence-corrected chi connectivity index (χ0v) is 11.7. The maximum Gasteiger partial charge on any atom is 2.00 e. The second-order valence-electron chi connectivity index (χ2n) is 4.95. The molecule has 0 aliphatic carbocycles. The molecule has 0 saturated heterocycles. The van der Waals surface area contributed by atoms with Gasteiger partial charge < -0.3 is 5.11 Å². The van der Waals surface area contributed by atoms with Gasteiger partial charge in [0, 0.05) is 6.10 Å². The zero-order valence-electron chi connectivity index (χ0n) is 10.6. The van der Waals surface area contributed by atoms with Crippen molar-refractivity contribution < 1.29 is 22.2 Å². The van der Waals surface area contributed by atoms with Gasteiger partial charge in [-0.3, -0.25) is 0 Å². The van der Waals surface area contributed by atoms with E-state index >= 15 is 0 Å². The van der Waals surface area contributed by atoms with Crippen LogP contribution >= 0.6 is 0 Å². The van der Waals surface area contributed by atoms with Gasteiger partial charge in [0.25, 0.3) is 0 Å². The smallest absolute Gasteiger partial charge is 0.400 e. The first-order valence-electron chi connectivity index (χ1n) is 5.58. The molecule has 0 amide bonds. The maximum atomic E-state index is 9.75. The molecule has 0 aliphatic heterocycles. The van der Waals surface area contributed by atoms with E-state index in [0.717, 1.165) is 5.56 Å². The van der Waals surface area contributed by atoms with Crippen LogP contribution in [0.3, 0.4) is 0 Å². The molecule has 2 heteroatoms. The molecule has 0 radical (unpaired) electrons. The Hall–Kier alpha value is -0.821. The SMILES string of the molecule is CC(C)(C)C(O)[c-]1cccc1.[Fe+2].c1cc[cH-]c1. The molecule has 0 fully saturated rings. The van der Waals surface area contributed by atoms with Gasteiger partial charge >= 0.3 is 17.1 Å². The molecule has 0 aromatic heterocycles. The first-order valence-corrected chi connectivity index (χ1v) is 5.58. The van der Waals surface area contributed by atoms with Crippen molar-refractivity contribution in [2.24, 2.45) is 5.41 Å². The third kappa shape index (κ3) is 5.88. The predicted octanol–water partition coefficient (Wildman–Crippen LogP) is 3.89. The minimum Gasteiger partial charge on any atom is -0.400 e. The summed E-state index contributed by atoms with van der Waals surface area (Å²) in [6, 6.07) is 17.8. The van der Waals surface area contributed by atoms with Crippen LogP contribution in [0, 0.1) is 5.41 Å². The fourth-order valence-corrected chi connectivity index (χ4v) is 1.39. The summed E-state index contributed by atoms with van der Waals surface area (Å²) < 4.78 is 0. The van der Waals surface area contributed by atoms with Gasteiger partial charge in [0.15, 0.2) is 0 Å². The molecule has 1 atom stereocenters. The Labute approximate surface area is 115 Å². The number of hydrogen-bond donors (Lipinski definition) is 1. The van der Waals surface area contributed by atoms with Crippen LogP contribution in [-0.4, -0.2) is 5.11 Å². The topological polar surface area (TPSA) is 20.2 Å². The molecule has 1 unspecified atom stereocenters. The normalized spacial score (nSPS) is 12.0. The molecule has 0 saturated carbocycles. The minimum absolute atomic E-state index is 0. The van der Waals surface area contributed by atoms with Crippen LogP contribution in [0.25, 0.3) is 0 Å². The Morgan fingerprint density at radius 3 is 1.76 bits per heavy atom. The van der Waals surface area contributed by atoms with Crippen molar-refractivity contribution >= 4 is 0 Å². The molecular formula is C15H20FeO. The van der Waals surface area contributed by atoms with Crippen molar-refractivity contribution in [3.8, 4) is 0 Å². The first kappa shape index (κ1) is 16.2. The van der Waals surface area contributed by atoms with Gasteiger partial charge in [-0.1, -0.05) is 20.8 Å². The zero-order chi connectivity index (χ0) is 12.0. The van der Waals surface area contributed by atoms with Crippen LogP contribution in [0.4, 0.5) is 0 Å². The summed E-state index contributed by atoms with van der Waals surface area (Å²) in [5.74, 6) is 0. The summed E-state index contributed by atoms with van der Waals surface area (Å²) in [6.45, 7) is 6.10.